The molecule has 0 atom stereocenters. The van der Waals surface area contributed by atoms with E-state index >= 15 is 0 Å². The molecule has 1 aromatic heterocycles. The summed E-state index contributed by atoms with van der Waals surface area (Å²) in [7, 11) is 0. The van der Waals surface area contributed by atoms with Crippen molar-refractivity contribution >= 4 is 17.4 Å². The van der Waals surface area contributed by atoms with Crippen LogP contribution in [0.15, 0.2) is 18.3 Å². The van der Waals surface area contributed by atoms with Crippen molar-refractivity contribution in [3.05, 3.63) is 23.4 Å². The van der Waals surface area contributed by atoms with Crippen molar-refractivity contribution in [1.82, 2.24) is 4.98 Å². The van der Waals surface area contributed by atoms with E-state index in [0.29, 0.717) is 10.4 Å². The molecule has 82 valence electrons. The minimum absolute atomic E-state index is 0.412. The third-order valence-corrected chi connectivity index (χ3v) is 3.33. The fourth-order valence-corrected chi connectivity index (χ4v) is 1.97. The first-order valence-electron chi connectivity index (χ1n) is 5.30. The molecule has 1 fully saturated rings. The number of hydrogen-bond donors (Lipinski definition) is 2. The number of halogens is 1. The van der Waals surface area contributed by atoms with Gasteiger partial charge in [0.25, 0.3) is 0 Å². The van der Waals surface area contributed by atoms with Gasteiger partial charge in [0.1, 0.15) is 5.82 Å². The van der Waals surface area contributed by atoms with Gasteiger partial charge in [-0.15, -0.1) is 0 Å². The highest BCUT2D eigenvalue weighted by molar-refractivity contribution is 6.32. The molecule has 1 aliphatic carbocycles. The van der Waals surface area contributed by atoms with Crippen molar-refractivity contribution in [1.29, 1.82) is 0 Å². The van der Waals surface area contributed by atoms with E-state index in [9.17, 15) is 0 Å². The van der Waals surface area contributed by atoms with Crippen LogP contribution < -0.4 is 11.1 Å². The number of anilines is 1. The van der Waals surface area contributed by atoms with Crippen LogP contribution in [0.4, 0.5) is 5.82 Å². The Morgan fingerprint density at radius 2 is 2.33 bits per heavy atom. The van der Waals surface area contributed by atoms with Gasteiger partial charge in [0.2, 0.25) is 0 Å². The summed E-state index contributed by atoms with van der Waals surface area (Å²) in [6.45, 7) is 1.69. The van der Waals surface area contributed by atoms with Crippen LogP contribution in [0.25, 0.3) is 0 Å². The maximum absolute atomic E-state index is 6.00. The Balaban J connectivity index is 1.91. The number of nitrogens with zero attached hydrogens (tertiary/aromatic N) is 1. The fourth-order valence-electron chi connectivity index (χ4n) is 1.79. The molecule has 3 N–H and O–H groups in total. The second-order valence-corrected chi connectivity index (χ2v) is 4.63. The smallest absolute Gasteiger partial charge is 0.144 e. The van der Waals surface area contributed by atoms with Crippen LogP contribution in [0.5, 0.6) is 0 Å². The molecule has 1 saturated carbocycles. The van der Waals surface area contributed by atoms with E-state index in [0.717, 1.165) is 25.3 Å². The number of rotatable bonds is 5. The van der Waals surface area contributed by atoms with E-state index in [-0.39, 0.29) is 0 Å². The van der Waals surface area contributed by atoms with E-state index in [1.807, 2.05) is 12.1 Å². The molecule has 0 spiro atoms. The molecule has 0 radical (unpaired) electrons. The lowest BCUT2D eigenvalue weighted by Crippen LogP contribution is -2.19. The van der Waals surface area contributed by atoms with Gasteiger partial charge in [0.15, 0.2) is 0 Å². The second-order valence-electron chi connectivity index (χ2n) is 4.23. The van der Waals surface area contributed by atoms with Gasteiger partial charge < -0.3 is 11.1 Å². The van der Waals surface area contributed by atoms with E-state index < -0.39 is 0 Å². The van der Waals surface area contributed by atoms with Gasteiger partial charge >= 0.3 is 0 Å². The van der Waals surface area contributed by atoms with Gasteiger partial charge in [-0.3, -0.25) is 0 Å². The summed E-state index contributed by atoms with van der Waals surface area (Å²) in [4.78, 5) is 4.19. The molecule has 3 nitrogen and oxygen atoms in total. The molecule has 2 rings (SSSR count). The summed E-state index contributed by atoms with van der Waals surface area (Å²) < 4.78 is 0. The summed E-state index contributed by atoms with van der Waals surface area (Å²) >= 11 is 6.00. The zero-order valence-electron chi connectivity index (χ0n) is 8.67. The van der Waals surface area contributed by atoms with Crippen molar-refractivity contribution in [3.63, 3.8) is 0 Å². The maximum atomic E-state index is 6.00. The summed E-state index contributed by atoms with van der Waals surface area (Å²) in [6.07, 6.45) is 5.37. The molecular formula is C11H16ClN3. The highest BCUT2D eigenvalue weighted by atomic mass is 35.5. The largest absolute Gasteiger partial charge is 0.368 e. The average molecular weight is 226 g/mol. The number of nitrogens with two attached hydrogens (primary N) is 1. The van der Waals surface area contributed by atoms with Crippen LogP contribution in [-0.4, -0.2) is 18.1 Å². The van der Waals surface area contributed by atoms with E-state index in [2.05, 4.69) is 10.3 Å². The lowest BCUT2D eigenvalue weighted by molar-refractivity contribution is 0.500. The lowest BCUT2D eigenvalue weighted by Gasteiger charge is -2.15. The van der Waals surface area contributed by atoms with E-state index in [1.165, 1.54) is 12.8 Å². The third-order valence-electron chi connectivity index (χ3n) is 3.02. The van der Waals surface area contributed by atoms with Crippen LogP contribution in [0, 0.1) is 5.41 Å². The standard InChI is InChI=1S/C11H16ClN3/c12-9-2-1-7-14-10(9)15-8-11(3-4-11)5-6-13/h1-2,7H,3-6,8,13H2,(H,14,15). The lowest BCUT2D eigenvalue weighted by atomic mass is 10.0. The first-order chi connectivity index (χ1) is 7.26. The first kappa shape index (κ1) is 10.7. The van der Waals surface area contributed by atoms with Gasteiger partial charge in [-0.1, -0.05) is 11.6 Å². The van der Waals surface area contributed by atoms with Crippen LogP contribution in [0.3, 0.4) is 0 Å². The Labute approximate surface area is 95.0 Å². The highest BCUT2D eigenvalue weighted by Crippen LogP contribution is 2.48. The van der Waals surface area contributed by atoms with Gasteiger partial charge in [0.05, 0.1) is 5.02 Å². The normalized spacial score (nSPS) is 17.5. The van der Waals surface area contributed by atoms with Crippen molar-refractivity contribution in [2.24, 2.45) is 11.1 Å². The topological polar surface area (TPSA) is 50.9 Å². The number of hydrogen-bond acceptors (Lipinski definition) is 3. The van der Waals surface area contributed by atoms with E-state index in [4.69, 9.17) is 17.3 Å². The Morgan fingerprint density at radius 3 is 2.93 bits per heavy atom. The van der Waals surface area contributed by atoms with Gasteiger partial charge in [-0.05, 0) is 43.4 Å². The SMILES string of the molecule is NCCC1(CNc2ncccc2Cl)CC1. The van der Waals surface area contributed by atoms with Gasteiger partial charge in [0, 0.05) is 12.7 Å². The zero-order valence-corrected chi connectivity index (χ0v) is 9.43. The molecular weight excluding hydrogens is 210 g/mol. The molecule has 1 aromatic rings. The molecule has 4 heteroatoms. The summed E-state index contributed by atoms with van der Waals surface area (Å²) in [5.74, 6) is 0.780. The van der Waals surface area contributed by atoms with Crippen molar-refractivity contribution in [2.75, 3.05) is 18.4 Å². The Morgan fingerprint density at radius 1 is 1.53 bits per heavy atom. The van der Waals surface area contributed by atoms with Crippen molar-refractivity contribution < 1.29 is 0 Å². The Bertz CT molecular complexity index is 336. The molecule has 0 aliphatic heterocycles. The van der Waals surface area contributed by atoms with Gasteiger partial charge in [-0.25, -0.2) is 4.98 Å². The van der Waals surface area contributed by atoms with Crippen molar-refractivity contribution in [3.8, 4) is 0 Å². The predicted molar refractivity (Wildman–Crippen MR) is 63.1 cm³/mol. The predicted octanol–water partition coefficient (Wildman–Crippen LogP) is 2.28. The average Bonchev–Trinajstić information content (AvgIpc) is 2.98. The minimum atomic E-state index is 0.412. The number of pyridine rings is 1. The molecule has 0 aromatic carbocycles. The molecule has 15 heavy (non-hydrogen) atoms. The Hall–Kier alpha value is -0.800. The van der Waals surface area contributed by atoms with Crippen LogP contribution in [0.1, 0.15) is 19.3 Å². The third kappa shape index (κ3) is 2.61. The summed E-state index contributed by atoms with van der Waals surface area (Å²) in [5.41, 5.74) is 6.00. The first-order valence-corrected chi connectivity index (χ1v) is 5.68. The number of aromatic nitrogens is 1. The number of nitrogens with one attached hydrogen (secondary N) is 1. The van der Waals surface area contributed by atoms with E-state index in [1.54, 1.807) is 6.20 Å². The zero-order chi connectivity index (χ0) is 10.7. The van der Waals surface area contributed by atoms with Gasteiger partial charge in [-0.2, -0.15) is 0 Å². The van der Waals surface area contributed by atoms with Crippen LogP contribution in [-0.2, 0) is 0 Å². The molecule has 1 heterocycles. The van der Waals surface area contributed by atoms with Crippen LogP contribution >= 0.6 is 11.6 Å². The minimum Gasteiger partial charge on any atom is -0.368 e. The quantitative estimate of drug-likeness (QED) is 0.809. The molecule has 0 amide bonds. The Kier molecular flexibility index (Phi) is 3.12. The highest BCUT2D eigenvalue weighted by Gasteiger charge is 2.41. The molecule has 1 aliphatic rings. The van der Waals surface area contributed by atoms with Crippen LogP contribution in [0.2, 0.25) is 5.02 Å². The molecule has 0 unspecified atom stereocenters. The monoisotopic (exact) mass is 225 g/mol. The van der Waals surface area contributed by atoms with Crippen molar-refractivity contribution in [2.45, 2.75) is 19.3 Å². The summed E-state index contributed by atoms with van der Waals surface area (Å²) in [5, 5.41) is 3.98. The molecule has 0 bridgehead atoms. The summed E-state index contributed by atoms with van der Waals surface area (Å²) in [6, 6.07) is 3.68. The fraction of sp³-hybridized carbons (Fsp3) is 0.545. The molecule has 0 saturated heterocycles. The second kappa shape index (κ2) is 4.37. The maximum Gasteiger partial charge on any atom is 0.144 e.